The molecule has 0 aliphatic rings. The Morgan fingerprint density at radius 1 is 1.26 bits per heavy atom. The molecule has 0 bridgehead atoms. The summed E-state index contributed by atoms with van der Waals surface area (Å²) < 4.78 is 8.48. The minimum absolute atomic E-state index is 0.439. The zero-order valence-corrected chi connectivity index (χ0v) is 17.3. The number of nitrogens with two attached hydrogens (primary N) is 1. The van der Waals surface area contributed by atoms with E-state index >= 15 is 0 Å². The minimum atomic E-state index is 0.439. The summed E-state index contributed by atoms with van der Waals surface area (Å²) in [6, 6.07) is 12.2. The fourth-order valence-corrected chi connectivity index (χ4v) is 5.19. The van der Waals surface area contributed by atoms with Crippen molar-refractivity contribution in [3.8, 4) is 17.0 Å². The van der Waals surface area contributed by atoms with Crippen molar-refractivity contribution in [3.05, 3.63) is 64.3 Å². The van der Waals surface area contributed by atoms with Crippen LogP contribution in [0.15, 0.2) is 57.1 Å². The summed E-state index contributed by atoms with van der Waals surface area (Å²) in [6.07, 6.45) is 2.02. The molecule has 0 spiro atoms. The highest BCUT2D eigenvalue weighted by molar-refractivity contribution is 8.01. The van der Waals surface area contributed by atoms with Crippen molar-refractivity contribution in [2.45, 2.75) is 22.6 Å². The first kappa shape index (κ1) is 18.4. The first-order valence-electron chi connectivity index (χ1n) is 8.37. The van der Waals surface area contributed by atoms with Gasteiger partial charge >= 0.3 is 0 Å². The average molecular weight is 416 g/mol. The lowest BCUT2D eigenvalue weighted by molar-refractivity contribution is 0.414. The van der Waals surface area contributed by atoms with E-state index in [-0.39, 0.29) is 0 Å². The summed E-state index contributed by atoms with van der Waals surface area (Å²) in [7, 11) is 1.67. The number of ether oxygens (including phenoxy) is 1. The fraction of sp³-hybridized carbons (Fsp3) is 0.150. The molecule has 4 aromatic rings. The zero-order chi connectivity index (χ0) is 19.0. The van der Waals surface area contributed by atoms with Gasteiger partial charge in [-0.2, -0.15) is 0 Å². The van der Waals surface area contributed by atoms with Gasteiger partial charge in [0.2, 0.25) is 0 Å². The Hall–Kier alpha value is -1.99. The molecule has 0 saturated heterocycles. The van der Waals surface area contributed by atoms with E-state index in [2.05, 4.69) is 28.6 Å². The predicted octanol–water partition coefficient (Wildman–Crippen LogP) is 5.64. The van der Waals surface area contributed by atoms with Gasteiger partial charge in [-0.05, 0) is 48.9 Å². The van der Waals surface area contributed by atoms with Gasteiger partial charge in [0.25, 0.3) is 0 Å². The summed E-state index contributed by atoms with van der Waals surface area (Å²) in [5.74, 6) is 0.861. The molecule has 4 rings (SSSR count). The molecule has 4 nitrogen and oxygen atoms in total. The predicted molar refractivity (Wildman–Crippen MR) is 113 cm³/mol. The van der Waals surface area contributed by atoms with Gasteiger partial charge in [0, 0.05) is 28.6 Å². The number of hydrogen-bond donors (Lipinski definition) is 1. The molecule has 138 valence electrons. The molecule has 0 unspecified atom stereocenters. The zero-order valence-electron chi connectivity index (χ0n) is 14.9. The number of hydrogen-bond acceptors (Lipinski definition) is 5. The van der Waals surface area contributed by atoms with Crippen LogP contribution in [0.3, 0.4) is 0 Å². The van der Waals surface area contributed by atoms with Crippen molar-refractivity contribution in [1.29, 1.82) is 0 Å². The third kappa shape index (κ3) is 3.58. The number of aromatic nitrogens is 2. The molecule has 1 aromatic carbocycles. The van der Waals surface area contributed by atoms with Crippen LogP contribution >= 0.6 is 34.7 Å². The highest BCUT2D eigenvalue weighted by Crippen LogP contribution is 2.38. The number of halogens is 1. The highest BCUT2D eigenvalue weighted by Gasteiger charge is 2.16. The maximum atomic E-state index is 6.40. The summed E-state index contributed by atoms with van der Waals surface area (Å²) in [6.45, 7) is 2.45. The second kappa shape index (κ2) is 7.56. The van der Waals surface area contributed by atoms with Crippen molar-refractivity contribution >= 4 is 40.3 Å². The molecule has 0 saturated carbocycles. The maximum Gasteiger partial charge on any atom is 0.156 e. The lowest BCUT2D eigenvalue weighted by Gasteiger charge is -2.05. The number of thiophene rings is 1. The van der Waals surface area contributed by atoms with Crippen LogP contribution in [-0.4, -0.2) is 16.5 Å². The van der Waals surface area contributed by atoms with Gasteiger partial charge in [-0.15, -0.1) is 11.3 Å². The van der Waals surface area contributed by atoms with Gasteiger partial charge in [0.1, 0.15) is 5.75 Å². The van der Waals surface area contributed by atoms with E-state index in [1.807, 2.05) is 35.7 Å². The Morgan fingerprint density at radius 3 is 2.74 bits per heavy atom. The number of rotatable bonds is 5. The number of imidazole rings is 1. The van der Waals surface area contributed by atoms with Crippen LogP contribution in [0.5, 0.6) is 5.75 Å². The Labute approximate surface area is 170 Å². The molecule has 0 fully saturated rings. The van der Waals surface area contributed by atoms with Gasteiger partial charge in [0.05, 0.1) is 27.7 Å². The van der Waals surface area contributed by atoms with Crippen LogP contribution in [0, 0.1) is 6.92 Å². The molecule has 0 atom stereocenters. The molecule has 7 heteroatoms. The second-order valence-electron chi connectivity index (χ2n) is 6.07. The lowest BCUT2D eigenvalue weighted by atomic mass is 10.2. The largest absolute Gasteiger partial charge is 0.497 e. The van der Waals surface area contributed by atoms with Gasteiger partial charge in [-0.3, -0.25) is 4.40 Å². The number of methoxy groups -OCH3 is 1. The number of benzene rings is 1. The number of nitrogens with zero attached hydrogens (tertiary/aromatic N) is 2. The summed E-state index contributed by atoms with van der Waals surface area (Å²) in [5.41, 5.74) is 10.7. The first-order valence-corrected chi connectivity index (χ1v) is 10.4. The normalized spacial score (nSPS) is 11.3. The smallest absolute Gasteiger partial charge is 0.156 e. The Bertz CT molecular complexity index is 1100. The van der Waals surface area contributed by atoms with E-state index in [1.54, 1.807) is 30.2 Å². The quantitative estimate of drug-likeness (QED) is 0.458. The third-order valence-electron chi connectivity index (χ3n) is 4.27. The van der Waals surface area contributed by atoms with E-state index in [1.165, 1.54) is 9.10 Å². The van der Waals surface area contributed by atoms with E-state index in [0.717, 1.165) is 33.9 Å². The summed E-state index contributed by atoms with van der Waals surface area (Å²) >= 11 is 9.85. The van der Waals surface area contributed by atoms with Crippen molar-refractivity contribution in [1.82, 2.24) is 9.38 Å². The molecule has 0 amide bonds. The number of fused-ring (bicyclic) bond motifs is 1. The van der Waals surface area contributed by atoms with E-state index in [9.17, 15) is 0 Å². The van der Waals surface area contributed by atoms with Crippen LogP contribution in [0.2, 0.25) is 5.02 Å². The van der Waals surface area contributed by atoms with Crippen LogP contribution in [0.1, 0.15) is 11.3 Å². The Kier molecular flexibility index (Phi) is 5.14. The van der Waals surface area contributed by atoms with Crippen molar-refractivity contribution in [2.24, 2.45) is 5.73 Å². The fourth-order valence-electron chi connectivity index (χ4n) is 2.98. The lowest BCUT2D eigenvalue weighted by Crippen LogP contribution is -1.99. The van der Waals surface area contributed by atoms with E-state index in [4.69, 9.17) is 22.1 Å². The number of pyridine rings is 1. The molecule has 2 N–H and O–H groups in total. The molecular formula is C20H18ClN3OS2. The van der Waals surface area contributed by atoms with Crippen molar-refractivity contribution < 1.29 is 4.74 Å². The molecule has 0 aliphatic carbocycles. The van der Waals surface area contributed by atoms with E-state index < -0.39 is 0 Å². The van der Waals surface area contributed by atoms with Crippen LogP contribution < -0.4 is 10.5 Å². The van der Waals surface area contributed by atoms with Crippen LogP contribution in [-0.2, 0) is 6.54 Å². The van der Waals surface area contributed by atoms with Crippen LogP contribution in [0.25, 0.3) is 16.9 Å². The Morgan fingerprint density at radius 2 is 2.04 bits per heavy atom. The Balaban J connectivity index is 1.70. The van der Waals surface area contributed by atoms with Gasteiger partial charge in [0.15, 0.2) is 5.65 Å². The maximum absolute atomic E-state index is 6.40. The molecule has 3 aromatic heterocycles. The average Bonchev–Trinajstić information content (AvgIpc) is 3.25. The second-order valence-corrected chi connectivity index (χ2v) is 8.76. The van der Waals surface area contributed by atoms with Crippen molar-refractivity contribution in [2.75, 3.05) is 7.11 Å². The van der Waals surface area contributed by atoms with Crippen molar-refractivity contribution in [3.63, 3.8) is 0 Å². The van der Waals surface area contributed by atoms with Gasteiger partial charge < -0.3 is 10.5 Å². The molecule has 27 heavy (non-hydrogen) atoms. The summed E-state index contributed by atoms with van der Waals surface area (Å²) in [5, 5.41) is 2.78. The molecule has 0 aliphatic heterocycles. The third-order valence-corrected chi connectivity index (χ3v) is 6.63. The van der Waals surface area contributed by atoms with Crippen LogP contribution in [0.4, 0.5) is 0 Å². The SMILES string of the molecule is COc1ccc(Sc2cc(-c3c(C)nc4c(Cl)cc(CN)cn34)cs2)cc1. The van der Waals surface area contributed by atoms with Gasteiger partial charge in [-0.1, -0.05) is 23.4 Å². The standard InChI is InChI=1S/C20H18ClN3OS2/c1-12-19(24-10-13(9-22)7-17(21)20(24)23-12)14-8-18(26-11-14)27-16-5-3-15(25-2)4-6-16/h3-8,10-11H,9,22H2,1-2H3. The monoisotopic (exact) mass is 415 g/mol. The highest BCUT2D eigenvalue weighted by atomic mass is 35.5. The molecule has 3 heterocycles. The van der Waals surface area contributed by atoms with Gasteiger partial charge in [-0.25, -0.2) is 4.98 Å². The number of aryl methyl sites for hydroxylation is 1. The summed E-state index contributed by atoms with van der Waals surface area (Å²) in [4.78, 5) is 5.82. The first-order chi connectivity index (χ1) is 13.1. The minimum Gasteiger partial charge on any atom is -0.497 e. The topological polar surface area (TPSA) is 52.5 Å². The molecular weight excluding hydrogens is 398 g/mol. The molecule has 0 radical (unpaired) electrons. The van der Waals surface area contributed by atoms with E-state index in [0.29, 0.717) is 11.6 Å².